The molecular formula is C33H51NO5Si. The van der Waals surface area contributed by atoms with E-state index in [1.165, 1.54) is 4.90 Å². The molecule has 222 valence electrons. The van der Waals surface area contributed by atoms with E-state index in [0.717, 1.165) is 36.8 Å². The molecule has 2 aromatic carbocycles. The number of carbonyl (C=O) groups excluding carboxylic acids is 1. The van der Waals surface area contributed by atoms with Gasteiger partial charge in [0.1, 0.15) is 11.7 Å². The van der Waals surface area contributed by atoms with Crippen molar-refractivity contribution < 1.29 is 23.8 Å². The smallest absolute Gasteiger partial charge is 0.412 e. The third kappa shape index (κ3) is 8.18. The van der Waals surface area contributed by atoms with Crippen LogP contribution in [0.25, 0.3) is 0 Å². The van der Waals surface area contributed by atoms with Gasteiger partial charge in [0, 0.05) is 0 Å². The molecule has 4 atom stereocenters. The van der Waals surface area contributed by atoms with Crippen LogP contribution in [0.2, 0.25) is 18.1 Å². The number of benzene rings is 2. The molecular weight excluding hydrogens is 518 g/mol. The average Bonchev–Trinajstić information content (AvgIpc) is 3.11. The van der Waals surface area contributed by atoms with E-state index < -0.39 is 32.3 Å². The fourth-order valence-electron chi connectivity index (χ4n) is 5.03. The van der Waals surface area contributed by atoms with Gasteiger partial charge in [0.15, 0.2) is 14.5 Å². The van der Waals surface area contributed by atoms with Gasteiger partial charge in [-0.1, -0.05) is 108 Å². The molecule has 1 fully saturated rings. The molecule has 0 unspecified atom stereocenters. The van der Waals surface area contributed by atoms with E-state index in [2.05, 4.69) is 40.8 Å². The molecule has 7 heteroatoms. The third-order valence-corrected chi connectivity index (χ3v) is 13.1. The minimum absolute atomic E-state index is 0.0185. The lowest BCUT2D eigenvalue weighted by Gasteiger charge is -2.44. The Bertz CT molecular complexity index is 1050. The van der Waals surface area contributed by atoms with Crippen molar-refractivity contribution in [1.82, 2.24) is 4.90 Å². The lowest BCUT2D eigenvalue weighted by atomic mass is 9.91. The highest BCUT2D eigenvalue weighted by Gasteiger charge is 2.53. The monoisotopic (exact) mass is 569 g/mol. The number of amides is 1. The number of rotatable bonds is 14. The Morgan fingerprint density at radius 1 is 1.00 bits per heavy atom. The number of unbranched alkanes of at least 4 members (excludes halogenated alkanes) is 2. The van der Waals surface area contributed by atoms with Crippen molar-refractivity contribution in [3.63, 3.8) is 0 Å². The Morgan fingerprint density at radius 2 is 1.57 bits per heavy atom. The van der Waals surface area contributed by atoms with Crippen LogP contribution in [0.5, 0.6) is 0 Å². The second-order valence-corrected chi connectivity index (χ2v) is 17.9. The first-order chi connectivity index (χ1) is 18.8. The molecule has 1 heterocycles. The van der Waals surface area contributed by atoms with Crippen molar-refractivity contribution >= 4 is 14.4 Å². The molecule has 40 heavy (non-hydrogen) atoms. The topological polar surface area (TPSA) is 68.2 Å². The summed E-state index contributed by atoms with van der Waals surface area (Å²) in [5.41, 5.74) is 1.30. The van der Waals surface area contributed by atoms with Crippen molar-refractivity contribution in [2.45, 2.75) is 128 Å². The molecule has 0 spiro atoms. The molecule has 0 aromatic heterocycles. The Hall–Kier alpha value is -2.19. The van der Waals surface area contributed by atoms with Gasteiger partial charge in [-0.3, -0.25) is 4.90 Å². The van der Waals surface area contributed by atoms with Gasteiger partial charge in [-0.2, -0.15) is 0 Å². The maximum Gasteiger partial charge on any atom is 0.412 e. The van der Waals surface area contributed by atoms with Crippen LogP contribution < -0.4 is 0 Å². The Morgan fingerprint density at radius 3 is 2.12 bits per heavy atom. The largest absolute Gasteiger partial charge is 0.441 e. The van der Waals surface area contributed by atoms with E-state index in [1.807, 2.05) is 74.5 Å². The third-order valence-electron chi connectivity index (χ3n) is 8.55. The van der Waals surface area contributed by atoms with Crippen LogP contribution in [-0.2, 0) is 26.9 Å². The number of aliphatic hydroxyl groups excluding tert-OH is 1. The SMILES string of the molecule is CCCCC[C@@H](O[Si](C)(C)C(C)(C)C)[C@H](OCc1ccccc1)[C@H](O)N1C(=O)OC(C)(C)[C@@H]1Cc1ccccc1. The predicted molar refractivity (Wildman–Crippen MR) is 164 cm³/mol. The summed E-state index contributed by atoms with van der Waals surface area (Å²) in [6, 6.07) is 19.6. The summed E-state index contributed by atoms with van der Waals surface area (Å²) in [7, 11) is -2.23. The molecule has 0 saturated carbocycles. The van der Waals surface area contributed by atoms with Crippen LogP contribution in [0.4, 0.5) is 4.79 Å². The normalized spacial score (nSPS) is 19.8. The number of carbonyl (C=O) groups is 1. The first kappa shape index (κ1) is 32.3. The first-order valence-corrected chi connectivity index (χ1v) is 17.7. The fraction of sp³-hybridized carbons (Fsp3) is 0.606. The first-order valence-electron chi connectivity index (χ1n) is 14.8. The average molecular weight is 570 g/mol. The summed E-state index contributed by atoms with van der Waals surface area (Å²) >= 11 is 0. The second-order valence-electron chi connectivity index (χ2n) is 13.2. The number of aliphatic hydroxyl groups is 1. The van der Waals surface area contributed by atoms with E-state index in [0.29, 0.717) is 13.0 Å². The molecule has 1 aliphatic heterocycles. The van der Waals surface area contributed by atoms with Gasteiger partial charge in [0.2, 0.25) is 0 Å². The zero-order chi connectivity index (χ0) is 29.6. The van der Waals surface area contributed by atoms with Crippen LogP contribution in [0.1, 0.15) is 78.4 Å². The van der Waals surface area contributed by atoms with E-state index in [1.54, 1.807) is 0 Å². The van der Waals surface area contributed by atoms with Gasteiger partial charge in [-0.05, 0) is 55.9 Å². The van der Waals surface area contributed by atoms with Crippen molar-refractivity contribution in [2.24, 2.45) is 0 Å². The Labute approximate surface area is 243 Å². The highest BCUT2D eigenvalue weighted by molar-refractivity contribution is 6.74. The lowest BCUT2D eigenvalue weighted by molar-refractivity contribution is -0.149. The zero-order valence-corrected chi connectivity index (χ0v) is 26.9. The van der Waals surface area contributed by atoms with Gasteiger partial charge in [-0.15, -0.1) is 0 Å². The van der Waals surface area contributed by atoms with Gasteiger partial charge >= 0.3 is 6.09 Å². The molecule has 0 bridgehead atoms. The summed E-state index contributed by atoms with van der Waals surface area (Å²) in [6.45, 7) is 17.4. The van der Waals surface area contributed by atoms with Crippen LogP contribution in [0.15, 0.2) is 60.7 Å². The van der Waals surface area contributed by atoms with Gasteiger partial charge in [-0.25, -0.2) is 4.79 Å². The number of cyclic esters (lactones) is 1. The van der Waals surface area contributed by atoms with Crippen molar-refractivity contribution in [3.05, 3.63) is 71.8 Å². The summed E-state index contributed by atoms with van der Waals surface area (Å²) in [5.74, 6) is 0. The zero-order valence-electron chi connectivity index (χ0n) is 25.9. The summed E-state index contributed by atoms with van der Waals surface area (Å²) in [5, 5.41) is 12.1. The molecule has 1 amide bonds. The van der Waals surface area contributed by atoms with Crippen molar-refractivity contribution in [1.29, 1.82) is 0 Å². The van der Waals surface area contributed by atoms with Crippen molar-refractivity contribution in [3.8, 4) is 0 Å². The summed E-state index contributed by atoms with van der Waals surface area (Å²) < 4.78 is 19.4. The molecule has 2 aromatic rings. The minimum Gasteiger partial charge on any atom is -0.441 e. The van der Waals surface area contributed by atoms with Gasteiger partial charge in [0.05, 0.1) is 18.8 Å². The Kier molecular flexibility index (Phi) is 11.0. The van der Waals surface area contributed by atoms with E-state index in [4.69, 9.17) is 13.9 Å². The number of ether oxygens (including phenoxy) is 2. The van der Waals surface area contributed by atoms with E-state index >= 15 is 0 Å². The molecule has 1 saturated heterocycles. The number of nitrogens with zero attached hydrogens (tertiary/aromatic N) is 1. The van der Waals surface area contributed by atoms with Crippen LogP contribution in [0, 0.1) is 0 Å². The van der Waals surface area contributed by atoms with Crippen LogP contribution in [-0.4, -0.2) is 54.5 Å². The molecule has 0 radical (unpaired) electrons. The van der Waals surface area contributed by atoms with Crippen LogP contribution >= 0.6 is 0 Å². The summed E-state index contributed by atoms with van der Waals surface area (Å²) in [6.07, 6.45) is 1.53. The van der Waals surface area contributed by atoms with Crippen LogP contribution in [0.3, 0.4) is 0 Å². The number of hydrogen-bond donors (Lipinski definition) is 1. The standard InChI is InChI=1S/C33H51NO5Si/c1-9-10-13-22-27(39-40(7,8)32(2,3)4)29(37-24-26-20-16-12-17-21-26)30(35)34-28(33(5,6)38-31(34)36)23-25-18-14-11-15-19-25/h11-12,14-21,27-30,35H,9-10,13,22-24H2,1-8H3/t27-,28+,29+,30+/m1/s1. The second kappa shape index (κ2) is 13.6. The highest BCUT2D eigenvalue weighted by Crippen LogP contribution is 2.40. The molecule has 6 nitrogen and oxygen atoms in total. The lowest BCUT2D eigenvalue weighted by Crippen LogP contribution is -2.58. The van der Waals surface area contributed by atoms with E-state index in [-0.39, 0.29) is 17.2 Å². The van der Waals surface area contributed by atoms with Crippen molar-refractivity contribution in [2.75, 3.05) is 0 Å². The molecule has 3 rings (SSSR count). The molecule has 1 N–H and O–H groups in total. The molecule has 0 aliphatic carbocycles. The maximum atomic E-state index is 13.4. The maximum absolute atomic E-state index is 13.4. The fourth-order valence-corrected chi connectivity index (χ4v) is 6.40. The van der Waals surface area contributed by atoms with Gasteiger partial charge < -0.3 is 19.0 Å². The minimum atomic E-state index is -2.23. The Balaban J connectivity index is 1.99. The van der Waals surface area contributed by atoms with Gasteiger partial charge in [0.25, 0.3) is 0 Å². The van der Waals surface area contributed by atoms with E-state index in [9.17, 15) is 9.90 Å². The molecule has 1 aliphatic rings. The predicted octanol–water partition coefficient (Wildman–Crippen LogP) is 7.70. The quantitative estimate of drug-likeness (QED) is 0.186. The number of hydrogen-bond acceptors (Lipinski definition) is 5. The highest BCUT2D eigenvalue weighted by atomic mass is 28.4. The summed E-state index contributed by atoms with van der Waals surface area (Å²) in [4.78, 5) is 14.9.